The third kappa shape index (κ3) is 3.13. The number of hydrogen-bond acceptors (Lipinski definition) is 4. The Balaban J connectivity index is 2.59. The fourth-order valence-corrected chi connectivity index (χ4v) is 1.12. The lowest BCUT2D eigenvalue weighted by atomic mass is 10.2. The number of nitrogens with zero attached hydrogens (tertiary/aromatic N) is 1. The number of rotatable bonds is 4. The summed E-state index contributed by atoms with van der Waals surface area (Å²) in [6.07, 6.45) is 0.480. The second-order valence-corrected chi connectivity index (χ2v) is 3.21. The maximum atomic E-state index is 11.5. The Morgan fingerprint density at radius 1 is 1.67 bits per heavy atom. The molecule has 15 heavy (non-hydrogen) atoms. The minimum Gasteiger partial charge on any atom is -0.455 e. The van der Waals surface area contributed by atoms with Gasteiger partial charge in [-0.2, -0.15) is 5.26 Å². The number of esters is 1. The summed E-state index contributed by atoms with van der Waals surface area (Å²) < 4.78 is 10.2. The average molecular weight is 207 g/mol. The topological polar surface area (TPSA) is 63.2 Å². The quantitative estimate of drug-likeness (QED) is 0.711. The highest BCUT2D eigenvalue weighted by molar-refractivity contribution is 5.86. The average Bonchev–Trinajstić information content (AvgIpc) is 2.64. The zero-order valence-electron chi connectivity index (χ0n) is 8.82. The molecule has 1 atom stereocenters. The van der Waals surface area contributed by atoms with Gasteiger partial charge in [-0.1, -0.05) is 6.92 Å². The third-order valence-corrected chi connectivity index (χ3v) is 1.99. The molecule has 0 spiro atoms. The SMILES string of the molecule is CC[C@@H](CC#N)OC(=O)c1ccc(C)o1. The maximum absolute atomic E-state index is 11.5. The first-order valence-electron chi connectivity index (χ1n) is 4.81. The van der Waals surface area contributed by atoms with Crippen LogP contribution in [0.1, 0.15) is 36.1 Å². The monoisotopic (exact) mass is 207 g/mol. The third-order valence-electron chi connectivity index (χ3n) is 1.99. The van der Waals surface area contributed by atoms with Crippen molar-refractivity contribution in [1.29, 1.82) is 5.26 Å². The molecule has 0 aliphatic carbocycles. The van der Waals surface area contributed by atoms with Gasteiger partial charge < -0.3 is 9.15 Å². The van der Waals surface area contributed by atoms with Gasteiger partial charge in [0.05, 0.1) is 12.5 Å². The van der Waals surface area contributed by atoms with Gasteiger partial charge in [-0.15, -0.1) is 0 Å². The highest BCUT2D eigenvalue weighted by atomic mass is 16.6. The molecule has 1 heterocycles. The Morgan fingerprint density at radius 3 is 2.87 bits per heavy atom. The summed E-state index contributed by atoms with van der Waals surface area (Å²) in [5, 5.41) is 8.49. The van der Waals surface area contributed by atoms with Gasteiger partial charge in [-0.25, -0.2) is 4.79 Å². The molecule has 0 fully saturated rings. The van der Waals surface area contributed by atoms with E-state index in [9.17, 15) is 4.79 Å². The summed E-state index contributed by atoms with van der Waals surface area (Å²) in [6, 6.07) is 5.24. The van der Waals surface area contributed by atoms with E-state index in [0.29, 0.717) is 12.2 Å². The van der Waals surface area contributed by atoms with Crippen molar-refractivity contribution in [3.8, 4) is 6.07 Å². The summed E-state index contributed by atoms with van der Waals surface area (Å²) in [5.41, 5.74) is 0. The number of carbonyl (C=O) groups is 1. The molecule has 0 N–H and O–H groups in total. The van der Waals surface area contributed by atoms with E-state index in [-0.39, 0.29) is 18.3 Å². The number of carbonyl (C=O) groups excluding carboxylic acids is 1. The molecule has 4 heteroatoms. The van der Waals surface area contributed by atoms with Gasteiger partial charge in [0, 0.05) is 0 Å². The molecule has 0 unspecified atom stereocenters. The van der Waals surface area contributed by atoms with E-state index < -0.39 is 5.97 Å². The second-order valence-electron chi connectivity index (χ2n) is 3.21. The fourth-order valence-electron chi connectivity index (χ4n) is 1.12. The summed E-state index contributed by atoms with van der Waals surface area (Å²) in [5.74, 6) is 0.337. The fraction of sp³-hybridized carbons (Fsp3) is 0.455. The predicted molar refractivity (Wildman–Crippen MR) is 53.2 cm³/mol. The van der Waals surface area contributed by atoms with Crippen LogP contribution in [-0.4, -0.2) is 12.1 Å². The van der Waals surface area contributed by atoms with Crippen molar-refractivity contribution in [1.82, 2.24) is 0 Å². The van der Waals surface area contributed by atoms with E-state index in [1.807, 2.05) is 13.0 Å². The van der Waals surface area contributed by atoms with Gasteiger partial charge in [0.15, 0.2) is 0 Å². The molecule has 1 rings (SSSR count). The second kappa shape index (κ2) is 5.20. The highest BCUT2D eigenvalue weighted by Gasteiger charge is 2.16. The lowest BCUT2D eigenvalue weighted by molar-refractivity contribution is 0.0266. The van der Waals surface area contributed by atoms with E-state index in [1.54, 1.807) is 19.1 Å². The van der Waals surface area contributed by atoms with Crippen LogP contribution in [0.4, 0.5) is 0 Å². The van der Waals surface area contributed by atoms with Gasteiger partial charge in [-0.3, -0.25) is 0 Å². The van der Waals surface area contributed by atoms with Gasteiger partial charge >= 0.3 is 5.97 Å². The number of hydrogen-bond donors (Lipinski definition) is 0. The first-order chi connectivity index (χ1) is 7.17. The standard InChI is InChI=1S/C11H13NO3/c1-3-9(6-7-12)15-11(13)10-5-4-8(2)14-10/h4-5,9H,3,6H2,1-2H3/t9-/m0/s1. The molecule has 0 aromatic carbocycles. The first kappa shape index (κ1) is 11.3. The van der Waals surface area contributed by atoms with E-state index in [4.69, 9.17) is 14.4 Å². The Labute approximate surface area is 88.4 Å². The molecule has 0 bridgehead atoms. The van der Waals surface area contributed by atoms with Crippen LogP contribution < -0.4 is 0 Å². The normalized spacial score (nSPS) is 11.8. The molecule has 0 radical (unpaired) electrons. The van der Waals surface area contributed by atoms with Gasteiger partial charge in [0.1, 0.15) is 11.9 Å². The zero-order valence-corrected chi connectivity index (χ0v) is 8.82. The lowest BCUT2D eigenvalue weighted by Crippen LogP contribution is -2.16. The van der Waals surface area contributed by atoms with Crippen LogP contribution in [0.15, 0.2) is 16.5 Å². The van der Waals surface area contributed by atoms with Crippen LogP contribution in [0.5, 0.6) is 0 Å². The van der Waals surface area contributed by atoms with Crippen molar-refractivity contribution >= 4 is 5.97 Å². The largest absolute Gasteiger partial charge is 0.455 e. The van der Waals surface area contributed by atoms with Crippen LogP contribution in [0, 0.1) is 18.3 Å². The molecule has 1 aromatic heterocycles. The number of nitriles is 1. The molecule has 0 saturated carbocycles. The number of furan rings is 1. The van der Waals surface area contributed by atoms with Crippen LogP contribution in [0.3, 0.4) is 0 Å². The van der Waals surface area contributed by atoms with Crippen LogP contribution in [0.25, 0.3) is 0 Å². The summed E-state index contributed by atoms with van der Waals surface area (Å²) in [6.45, 7) is 3.62. The van der Waals surface area contributed by atoms with Gasteiger partial charge in [0.2, 0.25) is 5.76 Å². The number of ether oxygens (including phenoxy) is 1. The molecular formula is C11H13NO3. The molecule has 80 valence electrons. The maximum Gasteiger partial charge on any atom is 0.374 e. The van der Waals surface area contributed by atoms with Crippen molar-refractivity contribution < 1.29 is 13.9 Å². The van der Waals surface area contributed by atoms with Crippen molar-refractivity contribution in [2.45, 2.75) is 32.8 Å². The zero-order chi connectivity index (χ0) is 11.3. The Bertz CT molecular complexity index is 375. The van der Waals surface area contributed by atoms with Crippen molar-refractivity contribution in [3.63, 3.8) is 0 Å². The predicted octanol–water partition coefficient (Wildman–Crippen LogP) is 2.44. The minimum atomic E-state index is -0.509. The van der Waals surface area contributed by atoms with Crippen LogP contribution in [0.2, 0.25) is 0 Å². The summed E-state index contributed by atoms with van der Waals surface area (Å²) >= 11 is 0. The van der Waals surface area contributed by atoms with Crippen LogP contribution >= 0.6 is 0 Å². The number of aryl methyl sites for hydroxylation is 1. The molecule has 0 amide bonds. The molecule has 0 saturated heterocycles. The van der Waals surface area contributed by atoms with E-state index >= 15 is 0 Å². The molecule has 4 nitrogen and oxygen atoms in total. The van der Waals surface area contributed by atoms with E-state index in [2.05, 4.69) is 0 Å². The van der Waals surface area contributed by atoms with Gasteiger partial charge in [-0.05, 0) is 25.5 Å². The highest BCUT2D eigenvalue weighted by Crippen LogP contribution is 2.11. The Hall–Kier alpha value is -1.76. The van der Waals surface area contributed by atoms with Crippen molar-refractivity contribution in [3.05, 3.63) is 23.7 Å². The first-order valence-corrected chi connectivity index (χ1v) is 4.81. The molecule has 1 aromatic rings. The summed E-state index contributed by atoms with van der Waals surface area (Å²) in [4.78, 5) is 11.5. The Kier molecular flexibility index (Phi) is 3.92. The molecular weight excluding hydrogens is 194 g/mol. The summed E-state index contributed by atoms with van der Waals surface area (Å²) in [7, 11) is 0. The Morgan fingerprint density at radius 2 is 2.40 bits per heavy atom. The van der Waals surface area contributed by atoms with Crippen molar-refractivity contribution in [2.75, 3.05) is 0 Å². The van der Waals surface area contributed by atoms with Crippen molar-refractivity contribution in [2.24, 2.45) is 0 Å². The van der Waals surface area contributed by atoms with E-state index in [0.717, 1.165) is 0 Å². The smallest absolute Gasteiger partial charge is 0.374 e. The van der Waals surface area contributed by atoms with Crippen LogP contribution in [-0.2, 0) is 4.74 Å². The lowest BCUT2D eigenvalue weighted by Gasteiger charge is -2.11. The molecule has 0 aliphatic rings. The minimum absolute atomic E-state index is 0.184. The van der Waals surface area contributed by atoms with Gasteiger partial charge in [0.25, 0.3) is 0 Å². The van der Waals surface area contributed by atoms with E-state index in [1.165, 1.54) is 0 Å². The molecule has 0 aliphatic heterocycles.